The summed E-state index contributed by atoms with van der Waals surface area (Å²) in [6.45, 7) is 0.854. The predicted molar refractivity (Wildman–Crippen MR) is 55.7 cm³/mol. The van der Waals surface area contributed by atoms with E-state index in [9.17, 15) is 8.42 Å². The van der Waals surface area contributed by atoms with E-state index in [4.69, 9.17) is 5.53 Å². The summed E-state index contributed by atoms with van der Waals surface area (Å²) in [7, 11) is -3.10. The molecule has 0 aromatic carbocycles. The van der Waals surface area contributed by atoms with Crippen LogP contribution >= 0.6 is 0 Å². The highest BCUT2D eigenvalue weighted by atomic mass is 32.2. The quantitative estimate of drug-likeness (QED) is 0.413. The molecule has 0 aromatic rings. The Hall–Kier alpha value is -0.780. The highest BCUT2D eigenvalue weighted by Gasteiger charge is 2.43. The van der Waals surface area contributed by atoms with Crippen LogP contribution in [0.2, 0.25) is 0 Å². The fourth-order valence-electron chi connectivity index (χ4n) is 2.01. The highest BCUT2D eigenvalue weighted by molar-refractivity contribution is 7.90. The first kappa shape index (κ1) is 10.7. The van der Waals surface area contributed by atoms with Gasteiger partial charge in [0.1, 0.15) is 0 Å². The lowest BCUT2D eigenvalue weighted by Gasteiger charge is -2.22. The number of rotatable bonds is 4. The van der Waals surface area contributed by atoms with Crippen molar-refractivity contribution in [1.82, 2.24) is 4.31 Å². The van der Waals surface area contributed by atoms with Crippen molar-refractivity contribution in [2.45, 2.75) is 37.0 Å². The molecule has 1 saturated heterocycles. The molecule has 7 heteroatoms. The van der Waals surface area contributed by atoms with E-state index in [1.807, 2.05) is 0 Å². The number of nitrogens with zero attached hydrogens (tertiary/aromatic N) is 4. The zero-order chi connectivity index (χ0) is 10.9. The minimum absolute atomic E-state index is 0.105. The number of hydrogen-bond acceptors (Lipinski definition) is 3. The minimum Gasteiger partial charge on any atom is -0.212 e. The fraction of sp³-hybridized carbons (Fsp3) is 1.00. The van der Waals surface area contributed by atoms with Crippen LogP contribution in [0.1, 0.15) is 25.7 Å². The van der Waals surface area contributed by atoms with Gasteiger partial charge >= 0.3 is 0 Å². The zero-order valence-corrected chi connectivity index (χ0v) is 9.23. The second-order valence-corrected chi connectivity index (χ2v) is 6.23. The summed E-state index contributed by atoms with van der Waals surface area (Å²) in [5.41, 5.74) is 8.23. The first-order valence-corrected chi connectivity index (χ1v) is 6.68. The fourth-order valence-corrected chi connectivity index (χ4v) is 4.10. The molecule has 1 aliphatic heterocycles. The van der Waals surface area contributed by atoms with Crippen LogP contribution in [0.15, 0.2) is 5.11 Å². The van der Waals surface area contributed by atoms with Crippen LogP contribution in [0.4, 0.5) is 0 Å². The first-order valence-electron chi connectivity index (χ1n) is 5.18. The maximum Gasteiger partial charge on any atom is 0.217 e. The largest absolute Gasteiger partial charge is 0.217 e. The van der Waals surface area contributed by atoms with Gasteiger partial charge in [-0.05, 0) is 31.2 Å². The zero-order valence-electron chi connectivity index (χ0n) is 8.41. The number of hydrogen-bond donors (Lipinski definition) is 0. The Morgan fingerprint density at radius 3 is 2.73 bits per heavy atom. The molecular formula is C8H14N4O2S. The third-order valence-corrected chi connectivity index (χ3v) is 5.40. The third kappa shape index (κ3) is 2.09. The number of azide groups is 1. The predicted octanol–water partition coefficient (Wildman–Crippen LogP) is 1.25. The smallest absolute Gasteiger partial charge is 0.212 e. The van der Waals surface area contributed by atoms with Crippen molar-refractivity contribution in [3.05, 3.63) is 10.4 Å². The molecule has 1 aliphatic carbocycles. The molecule has 6 nitrogen and oxygen atoms in total. The molecule has 2 rings (SSSR count). The van der Waals surface area contributed by atoms with E-state index in [1.165, 1.54) is 0 Å². The van der Waals surface area contributed by atoms with Crippen LogP contribution in [0, 0.1) is 0 Å². The van der Waals surface area contributed by atoms with Gasteiger partial charge in [-0.3, -0.25) is 0 Å². The lowest BCUT2D eigenvalue weighted by Crippen LogP contribution is -2.39. The van der Waals surface area contributed by atoms with E-state index < -0.39 is 10.0 Å². The van der Waals surface area contributed by atoms with Crippen molar-refractivity contribution in [3.63, 3.8) is 0 Å². The van der Waals surface area contributed by atoms with Gasteiger partial charge < -0.3 is 0 Å². The average molecular weight is 230 g/mol. The van der Waals surface area contributed by atoms with Crippen molar-refractivity contribution < 1.29 is 8.42 Å². The van der Waals surface area contributed by atoms with Crippen LogP contribution < -0.4 is 0 Å². The van der Waals surface area contributed by atoms with E-state index >= 15 is 0 Å². The molecule has 1 saturated carbocycles. The topological polar surface area (TPSA) is 86.1 Å². The lowest BCUT2D eigenvalue weighted by atomic mass is 10.2. The van der Waals surface area contributed by atoms with Crippen LogP contribution in [0.3, 0.4) is 0 Å². The second kappa shape index (κ2) is 4.00. The summed E-state index contributed by atoms with van der Waals surface area (Å²) in [5.74, 6) is 0. The summed E-state index contributed by atoms with van der Waals surface area (Å²) in [5, 5.41) is 3.31. The minimum atomic E-state index is -3.10. The molecule has 0 spiro atoms. The van der Waals surface area contributed by atoms with Gasteiger partial charge in [-0.25, -0.2) is 8.42 Å². The van der Waals surface area contributed by atoms with Gasteiger partial charge in [0.25, 0.3) is 0 Å². The van der Waals surface area contributed by atoms with E-state index in [2.05, 4.69) is 10.0 Å². The monoisotopic (exact) mass is 230 g/mol. The van der Waals surface area contributed by atoms with Crippen molar-refractivity contribution >= 4 is 10.0 Å². The maximum absolute atomic E-state index is 12.0. The van der Waals surface area contributed by atoms with Gasteiger partial charge in [0.15, 0.2) is 0 Å². The SMILES string of the molecule is [N-]=[N+]=NCC1CCCN1S(=O)(=O)C1CC1. The molecule has 0 radical (unpaired) electrons. The molecule has 1 unspecified atom stereocenters. The lowest BCUT2D eigenvalue weighted by molar-refractivity contribution is 0.392. The number of sulfonamides is 1. The summed E-state index contributed by atoms with van der Waals surface area (Å²) < 4.78 is 25.5. The molecule has 2 fully saturated rings. The van der Waals surface area contributed by atoms with E-state index in [-0.39, 0.29) is 17.8 Å². The molecule has 0 N–H and O–H groups in total. The van der Waals surface area contributed by atoms with Crippen LogP contribution in [0.5, 0.6) is 0 Å². The average Bonchev–Trinajstić information content (AvgIpc) is 2.95. The van der Waals surface area contributed by atoms with Crippen LogP contribution in [-0.4, -0.2) is 37.1 Å². The Kier molecular flexibility index (Phi) is 2.86. The molecular weight excluding hydrogens is 216 g/mol. The normalized spacial score (nSPS) is 27.6. The van der Waals surface area contributed by atoms with Gasteiger partial charge in [0.05, 0.1) is 5.25 Å². The van der Waals surface area contributed by atoms with Crippen LogP contribution in [-0.2, 0) is 10.0 Å². The van der Waals surface area contributed by atoms with Crippen molar-refractivity contribution in [1.29, 1.82) is 0 Å². The molecule has 1 heterocycles. The van der Waals surface area contributed by atoms with E-state index in [0.717, 1.165) is 25.7 Å². The summed E-state index contributed by atoms with van der Waals surface area (Å²) >= 11 is 0. The molecule has 0 aromatic heterocycles. The maximum atomic E-state index is 12.0. The summed E-state index contributed by atoms with van der Waals surface area (Å²) in [6.07, 6.45) is 3.25. The summed E-state index contributed by atoms with van der Waals surface area (Å²) in [6, 6.07) is -0.105. The van der Waals surface area contributed by atoms with E-state index in [0.29, 0.717) is 6.54 Å². The molecule has 84 valence electrons. The Morgan fingerprint density at radius 1 is 1.40 bits per heavy atom. The molecule has 2 aliphatic rings. The Morgan fingerprint density at radius 2 is 2.13 bits per heavy atom. The first-order chi connectivity index (χ1) is 7.16. The third-order valence-electron chi connectivity index (χ3n) is 2.95. The standard InChI is InChI=1S/C8H14N4O2S/c9-11-10-6-7-2-1-5-12(7)15(13,14)8-3-4-8/h7-8H,1-6H2. The molecule has 0 bridgehead atoms. The molecule has 15 heavy (non-hydrogen) atoms. The highest BCUT2D eigenvalue weighted by Crippen LogP contribution is 2.34. The van der Waals surface area contributed by atoms with Crippen molar-refractivity contribution in [3.8, 4) is 0 Å². The van der Waals surface area contributed by atoms with Crippen LogP contribution in [0.25, 0.3) is 10.4 Å². The van der Waals surface area contributed by atoms with Gasteiger partial charge in [-0.2, -0.15) is 4.31 Å². The Labute approximate surface area is 88.9 Å². The van der Waals surface area contributed by atoms with Gasteiger partial charge in [0.2, 0.25) is 10.0 Å². The van der Waals surface area contributed by atoms with E-state index in [1.54, 1.807) is 4.31 Å². The summed E-state index contributed by atoms with van der Waals surface area (Å²) in [4.78, 5) is 2.68. The van der Waals surface area contributed by atoms with Gasteiger partial charge in [-0.1, -0.05) is 5.11 Å². The second-order valence-electron chi connectivity index (χ2n) is 4.06. The van der Waals surface area contributed by atoms with Gasteiger partial charge in [-0.15, -0.1) is 0 Å². The van der Waals surface area contributed by atoms with Crippen molar-refractivity contribution in [2.24, 2.45) is 5.11 Å². The molecule has 1 atom stereocenters. The Balaban J connectivity index is 2.09. The van der Waals surface area contributed by atoms with Crippen molar-refractivity contribution in [2.75, 3.05) is 13.1 Å². The molecule has 0 amide bonds. The Bertz CT molecular complexity index is 383. The van der Waals surface area contributed by atoms with Gasteiger partial charge in [0, 0.05) is 24.0 Å².